The maximum absolute atomic E-state index is 5.76. The number of hydrogen-bond acceptors (Lipinski definition) is 3. The average molecular weight is 244 g/mol. The Hall–Kier alpha value is -1.39. The van der Waals surface area contributed by atoms with E-state index in [0.29, 0.717) is 12.0 Å². The molecule has 0 aliphatic carbocycles. The van der Waals surface area contributed by atoms with Crippen LogP contribution < -0.4 is 5.73 Å². The summed E-state index contributed by atoms with van der Waals surface area (Å²) < 4.78 is 0. The van der Waals surface area contributed by atoms with Crippen LogP contribution >= 0.6 is 0 Å². The Morgan fingerprint density at radius 1 is 1.44 bits per heavy atom. The van der Waals surface area contributed by atoms with Crippen LogP contribution in [0.5, 0.6) is 0 Å². The Labute approximate surface area is 107 Å². The van der Waals surface area contributed by atoms with Crippen molar-refractivity contribution in [2.45, 2.75) is 25.9 Å². The van der Waals surface area contributed by atoms with Gasteiger partial charge >= 0.3 is 0 Å². The quantitative estimate of drug-likeness (QED) is 0.864. The zero-order valence-electron chi connectivity index (χ0n) is 10.8. The van der Waals surface area contributed by atoms with E-state index >= 15 is 0 Å². The molecular weight excluding hydrogens is 224 g/mol. The lowest BCUT2D eigenvalue weighted by atomic mass is 10.1. The predicted octanol–water partition coefficient (Wildman–Crippen LogP) is 1.73. The molecule has 1 fully saturated rings. The van der Waals surface area contributed by atoms with E-state index in [4.69, 9.17) is 5.73 Å². The lowest BCUT2D eigenvalue weighted by molar-refractivity contribution is 0.250. The molecule has 0 bridgehead atoms. The number of likely N-dealkylation sites (tertiary alicyclic amines) is 1. The average Bonchev–Trinajstić information content (AvgIpc) is 2.93. The molecule has 3 rings (SSSR count). The third kappa shape index (κ3) is 2.13. The summed E-state index contributed by atoms with van der Waals surface area (Å²) in [4.78, 5) is 10.5. The molecule has 18 heavy (non-hydrogen) atoms. The van der Waals surface area contributed by atoms with E-state index in [1.165, 1.54) is 6.42 Å². The van der Waals surface area contributed by atoms with Crippen LogP contribution in [0.1, 0.15) is 19.2 Å². The van der Waals surface area contributed by atoms with E-state index in [1.54, 1.807) is 0 Å². The first-order chi connectivity index (χ1) is 8.76. The van der Waals surface area contributed by atoms with Crippen molar-refractivity contribution in [2.75, 3.05) is 13.1 Å². The van der Waals surface area contributed by atoms with Gasteiger partial charge in [0.05, 0.1) is 17.6 Å². The van der Waals surface area contributed by atoms with Crippen molar-refractivity contribution in [1.29, 1.82) is 0 Å². The van der Waals surface area contributed by atoms with Crippen LogP contribution in [0.25, 0.3) is 11.0 Å². The summed E-state index contributed by atoms with van der Waals surface area (Å²) in [5.74, 6) is 1.70. The first-order valence-electron chi connectivity index (χ1n) is 6.64. The first-order valence-corrected chi connectivity index (χ1v) is 6.64. The molecule has 4 heteroatoms. The van der Waals surface area contributed by atoms with Gasteiger partial charge in [0.15, 0.2) is 0 Å². The lowest BCUT2D eigenvalue weighted by Crippen LogP contribution is -2.27. The van der Waals surface area contributed by atoms with E-state index < -0.39 is 0 Å². The van der Waals surface area contributed by atoms with E-state index in [2.05, 4.69) is 27.9 Å². The molecular formula is C14H20N4. The molecule has 1 aromatic heterocycles. The van der Waals surface area contributed by atoms with Crippen LogP contribution in [-0.2, 0) is 6.54 Å². The van der Waals surface area contributed by atoms with Crippen LogP contribution in [-0.4, -0.2) is 34.0 Å². The molecule has 2 heterocycles. The summed E-state index contributed by atoms with van der Waals surface area (Å²) in [5, 5.41) is 0. The monoisotopic (exact) mass is 244 g/mol. The van der Waals surface area contributed by atoms with Gasteiger partial charge in [-0.05, 0) is 37.9 Å². The highest BCUT2D eigenvalue weighted by atomic mass is 15.2. The molecule has 4 nitrogen and oxygen atoms in total. The van der Waals surface area contributed by atoms with Gasteiger partial charge in [0.25, 0.3) is 0 Å². The highest BCUT2D eigenvalue weighted by Crippen LogP contribution is 2.24. The second-order valence-electron chi connectivity index (χ2n) is 5.32. The Morgan fingerprint density at radius 2 is 2.28 bits per heavy atom. The van der Waals surface area contributed by atoms with Gasteiger partial charge in [0.2, 0.25) is 0 Å². The highest BCUT2D eigenvalue weighted by molar-refractivity contribution is 5.74. The van der Waals surface area contributed by atoms with Crippen molar-refractivity contribution < 1.29 is 0 Å². The number of H-pyrrole nitrogens is 1. The number of nitrogens with zero attached hydrogens (tertiary/aromatic N) is 2. The van der Waals surface area contributed by atoms with Crippen molar-refractivity contribution >= 4 is 11.0 Å². The Kier molecular flexibility index (Phi) is 3.06. The van der Waals surface area contributed by atoms with Gasteiger partial charge in [0.1, 0.15) is 5.82 Å². The van der Waals surface area contributed by atoms with Crippen LogP contribution in [0.3, 0.4) is 0 Å². The van der Waals surface area contributed by atoms with E-state index in [9.17, 15) is 0 Å². The second-order valence-corrected chi connectivity index (χ2v) is 5.32. The molecule has 0 saturated carbocycles. The summed E-state index contributed by atoms with van der Waals surface area (Å²) in [6, 6.07) is 8.78. The molecule has 0 amide bonds. The number of benzene rings is 1. The smallest absolute Gasteiger partial charge is 0.121 e. The molecule has 1 aromatic carbocycles. The van der Waals surface area contributed by atoms with Gasteiger partial charge in [-0.15, -0.1) is 0 Å². The zero-order valence-corrected chi connectivity index (χ0v) is 10.8. The fourth-order valence-electron chi connectivity index (χ4n) is 2.88. The summed E-state index contributed by atoms with van der Waals surface area (Å²) in [7, 11) is 0. The number of aromatic nitrogens is 2. The largest absolute Gasteiger partial charge is 0.341 e. The number of nitrogens with one attached hydrogen (secondary N) is 1. The maximum atomic E-state index is 5.76. The Bertz CT molecular complexity index is 500. The van der Waals surface area contributed by atoms with Gasteiger partial charge in [-0.1, -0.05) is 12.1 Å². The normalized spacial score (nSPS) is 25.0. The number of hydrogen-bond donors (Lipinski definition) is 2. The van der Waals surface area contributed by atoms with Gasteiger partial charge in [-0.25, -0.2) is 4.98 Å². The number of rotatable bonds is 3. The van der Waals surface area contributed by atoms with Crippen LogP contribution in [0, 0.1) is 5.92 Å². The molecule has 3 N–H and O–H groups in total. The Balaban J connectivity index is 1.76. The number of nitrogens with two attached hydrogens (primary N) is 1. The predicted molar refractivity (Wildman–Crippen MR) is 73.1 cm³/mol. The fraction of sp³-hybridized carbons (Fsp3) is 0.500. The molecule has 0 radical (unpaired) electrons. The summed E-state index contributed by atoms with van der Waals surface area (Å²) >= 11 is 0. The number of aromatic amines is 1. The van der Waals surface area contributed by atoms with E-state index in [-0.39, 0.29) is 0 Å². The molecule has 0 spiro atoms. The fourth-order valence-corrected chi connectivity index (χ4v) is 2.88. The van der Waals surface area contributed by atoms with Crippen LogP contribution in [0.15, 0.2) is 24.3 Å². The maximum Gasteiger partial charge on any atom is 0.121 e. The second kappa shape index (κ2) is 4.71. The third-order valence-electron chi connectivity index (χ3n) is 3.92. The minimum absolute atomic E-state index is 0.603. The van der Waals surface area contributed by atoms with Crippen molar-refractivity contribution in [1.82, 2.24) is 14.9 Å². The summed E-state index contributed by atoms with van der Waals surface area (Å²) in [5.41, 5.74) is 7.93. The third-order valence-corrected chi connectivity index (χ3v) is 3.92. The van der Waals surface area contributed by atoms with E-state index in [0.717, 1.165) is 36.5 Å². The molecule has 1 aliphatic heterocycles. The number of imidazole rings is 1. The topological polar surface area (TPSA) is 57.9 Å². The molecule has 1 saturated heterocycles. The van der Waals surface area contributed by atoms with Gasteiger partial charge in [-0.2, -0.15) is 0 Å². The van der Waals surface area contributed by atoms with Gasteiger partial charge in [-0.3, -0.25) is 4.90 Å². The number of fused-ring (bicyclic) bond motifs is 1. The molecule has 2 atom stereocenters. The lowest BCUT2D eigenvalue weighted by Gasteiger charge is -2.19. The summed E-state index contributed by atoms with van der Waals surface area (Å²) in [6.45, 7) is 5.06. The molecule has 1 aliphatic rings. The highest BCUT2D eigenvalue weighted by Gasteiger charge is 2.28. The molecule has 2 aromatic rings. The van der Waals surface area contributed by atoms with Crippen molar-refractivity contribution in [3.05, 3.63) is 30.1 Å². The van der Waals surface area contributed by atoms with Gasteiger partial charge < -0.3 is 10.7 Å². The van der Waals surface area contributed by atoms with Crippen molar-refractivity contribution in [3.63, 3.8) is 0 Å². The molecule has 96 valence electrons. The molecule has 2 unspecified atom stereocenters. The van der Waals surface area contributed by atoms with E-state index in [1.807, 2.05) is 18.2 Å². The zero-order chi connectivity index (χ0) is 12.5. The standard InChI is InChI=1S/C14H20N4/c1-10-6-11(7-15)8-18(10)9-14-16-12-4-2-3-5-13(12)17-14/h2-5,10-11H,6-9,15H2,1H3,(H,16,17). The summed E-state index contributed by atoms with van der Waals surface area (Å²) in [6.07, 6.45) is 1.21. The SMILES string of the molecule is CC1CC(CN)CN1Cc1nc2ccccc2[nH]1. The van der Waals surface area contributed by atoms with Crippen LogP contribution in [0.2, 0.25) is 0 Å². The first kappa shape index (κ1) is 11.7. The minimum atomic E-state index is 0.603. The van der Waals surface area contributed by atoms with Crippen molar-refractivity contribution in [2.24, 2.45) is 11.7 Å². The number of para-hydroxylation sites is 2. The minimum Gasteiger partial charge on any atom is -0.341 e. The van der Waals surface area contributed by atoms with Crippen molar-refractivity contribution in [3.8, 4) is 0 Å². The Morgan fingerprint density at radius 3 is 3.00 bits per heavy atom. The van der Waals surface area contributed by atoms with Gasteiger partial charge in [0, 0.05) is 12.6 Å². The van der Waals surface area contributed by atoms with Crippen LogP contribution in [0.4, 0.5) is 0 Å².